The van der Waals surface area contributed by atoms with Gasteiger partial charge >= 0.3 is 0 Å². The number of nitrogens with zero attached hydrogens (tertiary/aromatic N) is 1. The molecule has 2 aromatic heterocycles. The molecular weight excluding hydrogens is 488 g/mol. The molecule has 4 bridgehead atoms. The summed E-state index contributed by atoms with van der Waals surface area (Å²) in [5.74, 6) is 0.649. The van der Waals surface area contributed by atoms with Crippen molar-refractivity contribution in [3.05, 3.63) is 78.6 Å². The summed E-state index contributed by atoms with van der Waals surface area (Å²) in [4.78, 5) is 33.6. The molecule has 198 valence electrons. The predicted molar refractivity (Wildman–Crippen MR) is 151 cm³/mol. The second-order valence-electron chi connectivity index (χ2n) is 12.2. The highest BCUT2D eigenvalue weighted by Crippen LogP contribution is 2.65. The van der Waals surface area contributed by atoms with Gasteiger partial charge in [0.1, 0.15) is 5.69 Å². The zero-order valence-electron chi connectivity index (χ0n) is 21.9. The number of aliphatic hydroxyl groups excluding tert-OH is 1. The van der Waals surface area contributed by atoms with Gasteiger partial charge in [-0.25, -0.2) is 0 Å². The van der Waals surface area contributed by atoms with Gasteiger partial charge in [-0.15, -0.1) is 0 Å². The van der Waals surface area contributed by atoms with Gasteiger partial charge in [-0.1, -0.05) is 25.1 Å². The molecular formula is C32H32N4O3. The van der Waals surface area contributed by atoms with Gasteiger partial charge in [-0.2, -0.15) is 0 Å². The highest BCUT2D eigenvalue weighted by molar-refractivity contribution is 6.04. The van der Waals surface area contributed by atoms with Crippen molar-refractivity contribution in [3.8, 4) is 11.3 Å². The zero-order chi connectivity index (χ0) is 26.8. The van der Waals surface area contributed by atoms with Crippen LogP contribution in [0.15, 0.2) is 72.9 Å². The first-order valence-electron chi connectivity index (χ1n) is 13.8. The van der Waals surface area contributed by atoms with E-state index in [4.69, 9.17) is 0 Å². The fourth-order valence-electron chi connectivity index (χ4n) is 7.89. The number of pyridine rings is 1. The maximum absolute atomic E-state index is 13.6. The van der Waals surface area contributed by atoms with Crippen LogP contribution in [0.5, 0.6) is 0 Å². The quantitative estimate of drug-likeness (QED) is 0.259. The summed E-state index contributed by atoms with van der Waals surface area (Å²) >= 11 is 0. The summed E-state index contributed by atoms with van der Waals surface area (Å²) in [5, 5.41) is 17.9. The number of rotatable bonds is 5. The molecule has 4 aliphatic rings. The Morgan fingerprint density at radius 3 is 2.56 bits per heavy atom. The third kappa shape index (κ3) is 4.12. The highest BCUT2D eigenvalue weighted by atomic mass is 16.3. The number of anilines is 2. The molecule has 0 radical (unpaired) electrons. The molecule has 0 aliphatic heterocycles. The number of aliphatic hydroxyl groups is 1. The molecule has 0 saturated heterocycles. The van der Waals surface area contributed by atoms with Gasteiger partial charge < -0.3 is 20.7 Å². The van der Waals surface area contributed by atoms with Gasteiger partial charge in [-0.05, 0) is 103 Å². The van der Waals surface area contributed by atoms with Crippen molar-refractivity contribution < 1.29 is 14.7 Å². The van der Waals surface area contributed by atoms with Gasteiger partial charge in [0.2, 0.25) is 5.91 Å². The monoisotopic (exact) mass is 520 g/mol. The average molecular weight is 521 g/mol. The van der Waals surface area contributed by atoms with E-state index in [1.807, 2.05) is 42.5 Å². The SMILES string of the molecule is C[C@]12C[C@H]3C[C@H](CC(C(=O)Nc4ccc(-c5cc6cc(NC(=O)c7ccccn7)ccc6[nH]5)cc4)(C3)C1)C2O. The Morgan fingerprint density at radius 2 is 1.79 bits per heavy atom. The molecule has 0 spiro atoms. The van der Waals surface area contributed by atoms with Crippen LogP contribution in [0, 0.1) is 22.7 Å². The van der Waals surface area contributed by atoms with Crippen molar-refractivity contribution in [1.29, 1.82) is 0 Å². The summed E-state index contributed by atoms with van der Waals surface area (Å²) in [5.41, 5.74) is 4.30. The Labute approximate surface area is 227 Å². The second-order valence-corrected chi connectivity index (χ2v) is 12.2. The lowest BCUT2D eigenvalue weighted by Crippen LogP contribution is -2.61. The fraction of sp³-hybridized carbons (Fsp3) is 0.344. The highest BCUT2D eigenvalue weighted by Gasteiger charge is 2.62. The van der Waals surface area contributed by atoms with E-state index in [9.17, 15) is 14.7 Å². The maximum atomic E-state index is 13.6. The van der Waals surface area contributed by atoms with Gasteiger partial charge in [0.05, 0.1) is 11.5 Å². The number of aromatic amines is 1. The topological polar surface area (TPSA) is 107 Å². The molecule has 4 aliphatic carbocycles. The normalized spacial score (nSPS) is 28.9. The zero-order valence-corrected chi connectivity index (χ0v) is 21.9. The number of benzene rings is 2. The Hall–Kier alpha value is -3.97. The lowest BCUT2D eigenvalue weighted by Gasteiger charge is -2.62. The van der Waals surface area contributed by atoms with E-state index < -0.39 is 0 Å². The number of hydrogen-bond donors (Lipinski definition) is 4. The van der Waals surface area contributed by atoms with Gasteiger partial charge in [0.15, 0.2) is 0 Å². The number of nitrogens with one attached hydrogen (secondary N) is 3. The molecule has 5 atom stereocenters. The Bertz CT molecular complexity index is 1580. The summed E-state index contributed by atoms with van der Waals surface area (Å²) < 4.78 is 0. The molecule has 4 N–H and O–H groups in total. The smallest absolute Gasteiger partial charge is 0.274 e. The molecule has 4 fully saturated rings. The average Bonchev–Trinajstić information content (AvgIpc) is 3.35. The third-order valence-electron chi connectivity index (χ3n) is 9.34. The van der Waals surface area contributed by atoms with Crippen molar-refractivity contribution in [2.24, 2.45) is 22.7 Å². The van der Waals surface area contributed by atoms with E-state index in [0.29, 0.717) is 17.3 Å². The number of aromatic nitrogens is 2. The van der Waals surface area contributed by atoms with E-state index in [1.165, 1.54) is 0 Å². The van der Waals surface area contributed by atoms with E-state index in [-0.39, 0.29) is 34.7 Å². The van der Waals surface area contributed by atoms with Crippen LogP contribution in [0.25, 0.3) is 22.2 Å². The first-order chi connectivity index (χ1) is 18.8. The molecule has 2 heterocycles. The summed E-state index contributed by atoms with van der Waals surface area (Å²) in [7, 11) is 0. The van der Waals surface area contributed by atoms with Crippen LogP contribution in [0.3, 0.4) is 0 Å². The lowest BCUT2D eigenvalue weighted by atomic mass is 9.43. The molecule has 7 heteroatoms. The van der Waals surface area contributed by atoms with E-state index in [1.54, 1.807) is 24.4 Å². The number of carbonyl (C=O) groups excluding carboxylic acids is 2. The Kier molecular flexibility index (Phi) is 5.42. The predicted octanol–water partition coefficient (Wildman–Crippen LogP) is 6.00. The van der Waals surface area contributed by atoms with Crippen LogP contribution in [-0.4, -0.2) is 33.0 Å². The van der Waals surface area contributed by atoms with Gasteiger partial charge in [-0.3, -0.25) is 14.6 Å². The standard InChI is InChI=1S/C32H32N4O3/c1-31-15-19-12-22(28(31)37)17-32(16-19,18-31)30(39)35-23-7-5-20(6-8-23)27-14-21-13-24(9-10-25(21)36-27)34-29(38)26-4-2-3-11-33-26/h2-11,13-14,19,22,28,36-37H,12,15-18H2,1H3,(H,34,38)(H,35,39)/t19-,22-,28?,31+,32?/m1/s1. The molecule has 39 heavy (non-hydrogen) atoms. The molecule has 2 aromatic carbocycles. The minimum atomic E-state index is -0.362. The van der Waals surface area contributed by atoms with Crippen molar-refractivity contribution in [3.63, 3.8) is 0 Å². The van der Waals surface area contributed by atoms with E-state index in [0.717, 1.165) is 60.0 Å². The van der Waals surface area contributed by atoms with Crippen LogP contribution in [0.1, 0.15) is 49.5 Å². The van der Waals surface area contributed by atoms with Gasteiger partial charge in [0, 0.05) is 34.2 Å². The first-order valence-corrected chi connectivity index (χ1v) is 13.8. The Morgan fingerprint density at radius 1 is 0.974 bits per heavy atom. The van der Waals surface area contributed by atoms with E-state index >= 15 is 0 Å². The molecule has 7 nitrogen and oxygen atoms in total. The maximum Gasteiger partial charge on any atom is 0.274 e. The largest absolute Gasteiger partial charge is 0.392 e. The van der Waals surface area contributed by atoms with Gasteiger partial charge in [0.25, 0.3) is 5.91 Å². The third-order valence-corrected chi connectivity index (χ3v) is 9.34. The van der Waals surface area contributed by atoms with Crippen molar-refractivity contribution in [2.75, 3.05) is 10.6 Å². The molecule has 2 amide bonds. The fourth-order valence-corrected chi connectivity index (χ4v) is 7.89. The lowest BCUT2D eigenvalue weighted by molar-refractivity contribution is -0.186. The summed E-state index contributed by atoms with van der Waals surface area (Å²) in [6, 6.07) is 21.0. The Balaban J connectivity index is 1.06. The van der Waals surface area contributed by atoms with E-state index in [2.05, 4.69) is 33.6 Å². The van der Waals surface area contributed by atoms with Crippen LogP contribution >= 0.6 is 0 Å². The molecule has 4 saturated carbocycles. The number of hydrogen-bond acceptors (Lipinski definition) is 4. The number of amides is 2. The summed E-state index contributed by atoms with van der Waals surface area (Å²) in [6.45, 7) is 2.17. The first kappa shape index (κ1) is 24.1. The second kappa shape index (κ2) is 8.78. The number of fused-ring (bicyclic) bond motifs is 1. The molecule has 4 aromatic rings. The number of carbonyl (C=O) groups is 2. The molecule has 8 rings (SSSR count). The minimum Gasteiger partial charge on any atom is -0.392 e. The van der Waals surface area contributed by atoms with Crippen LogP contribution in [0.2, 0.25) is 0 Å². The number of H-pyrrole nitrogens is 1. The van der Waals surface area contributed by atoms with Crippen LogP contribution < -0.4 is 10.6 Å². The van der Waals surface area contributed by atoms with Crippen LogP contribution in [-0.2, 0) is 4.79 Å². The van der Waals surface area contributed by atoms with Crippen LogP contribution in [0.4, 0.5) is 11.4 Å². The summed E-state index contributed by atoms with van der Waals surface area (Å²) in [6.07, 6.45) is 5.93. The van der Waals surface area contributed by atoms with Crippen molar-refractivity contribution in [2.45, 2.75) is 45.1 Å². The van der Waals surface area contributed by atoms with Crippen molar-refractivity contribution >= 4 is 34.1 Å². The van der Waals surface area contributed by atoms with Crippen molar-refractivity contribution in [1.82, 2.24) is 9.97 Å². The molecule has 2 unspecified atom stereocenters. The minimum absolute atomic E-state index is 0.105.